The van der Waals surface area contributed by atoms with Crippen LogP contribution in [0.2, 0.25) is 0 Å². The first-order chi connectivity index (χ1) is 9.89. The Hall–Kier alpha value is -0.394. The summed E-state index contributed by atoms with van der Waals surface area (Å²) in [5.74, 6) is 0. The molecule has 1 N–H and O–H groups in total. The minimum atomic E-state index is -0.447. The monoisotopic (exact) mass is 366 g/mol. The van der Waals surface area contributed by atoms with E-state index in [-0.39, 0.29) is 55.0 Å². The predicted molar refractivity (Wildman–Crippen MR) is 96.6 cm³/mol. The second-order valence-electron chi connectivity index (χ2n) is 6.93. The van der Waals surface area contributed by atoms with E-state index in [2.05, 4.69) is 35.3 Å². The molecule has 134 valence electrons. The first kappa shape index (κ1) is 25.8. The van der Waals surface area contributed by atoms with Gasteiger partial charge >= 0.3 is 29.1 Å². The molecule has 2 rings (SSSR count). The van der Waals surface area contributed by atoms with Gasteiger partial charge in [-0.05, 0) is 51.7 Å². The van der Waals surface area contributed by atoms with Crippen LogP contribution in [-0.2, 0) is 11.2 Å². The van der Waals surface area contributed by atoms with Gasteiger partial charge in [-0.1, -0.05) is 19.8 Å². The van der Waals surface area contributed by atoms with Gasteiger partial charge in [0.05, 0.1) is 12.1 Å². The summed E-state index contributed by atoms with van der Waals surface area (Å²) >= 11 is 0. The molecule has 0 spiro atoms. The maximum atomic E-state index is 12.0. The summed E-state index contributed by atoms with van der Waals surface area (Å²) in [4.78, 5) is 12.0. The number of aromatic nitrogens is 1. The first-order valence-electron chi connectivity index (χ1n) is 8.05. The zero-order valence-electron chi connectivity index (χ0n) is 15.8. The number of alkyl carbamates (subject to hydrolysis) is 1. The molecule has 0 unspecified atom stereocenters. The Kier molecular flexibility index (Phi) is 12.1. The van der Waals surface area contributed by atoms with Gasteiger partial charge in [0, 0.05) is 12.4 Å². The van der Waals surface area contributed by atoms with Crippen molar-refractivity contribution in [3.8, 4) is 0 Å². The van der Waals surface area contributed by atoms with E-state index in [1.54, 1.807) is 0 Å². The Labute approximate surface area is 169 Å². The van der Waals surface area contributed by atoms with Crippen LogP contribution < -0.4 is 17.7 Å². The number of aryl methyl sites for hydroxylation is 1. The minimum absolute atomic E-state index is 0. The van der Waals surface area contributed by atoms with Crippen LogP contribution in [0.5, 0.6) is 0 Å². The summed E-state index contributed by atoms with van der Waals surface area (Å²) in [6, 6.07) is 2.66. The molecule has 0 radical (unpaired) electrons. The van der Waals surface area contributed by atoms with Crippen LogP contribution in [0.25, 0.3) is 0 Å². The molecular weight excluding hydrogens is 336 g/mol. The van der Waals surface area contributed by atoms with Crippen molar-refractivity contribution in [2.75, 3.05) is 0 Å². The van der Waals surface area contributed by atoms with E-state index >= 15 is 0 Å². The second-order valence-corrected chi connectivity index (χ2v) is 6.93. The Bertz CT molecular complexity index is 486. The molecule has 0 aromatic carbocycles. The Balaban J connectivity index is 0. The maximum absolute atomic E-state index is 12.0. The van der Waals surface area contributed by atoms with Crippen LogP contribution in [0.4, 0.5) is 4.79 Å². The molecule has 2 atom stereocenters. The van der Waals surface area contributed by atoms with Gasteiger partial charge in [-0.15, -0.1) is 0 Å². The zero-order chi connectivity index (χ0) is 15.5. The predicted octanol–water partition coefficient (Wildman–Crippen LogP) is 1.13. The van der Waals surface area contributed by atoms with Crippen molar-refractivity contribution in [3.63, 3.8) is 0 Å². The third-order valence-corrected chi connectivity index (χ3v) is 4.00. The number of carbonyl (C=O) groups excluding carboxylic acids is 1. The summed E-state index contributed by atoms with van der Waals surface area (Å²) in [7, 11) is 0. The van der Waals surface area contributed by atoms with Crippen molar-refractivity contribution in [1.82, 2.24) is 9.88 Å². The van der Waals surface area contributed by atoms with E-state index in [9.17, 15) is 4.79 Å². The van der Waals surface area contributed by atoms with Crippen molar-refractivity contribution < 1.29 is 21.9 Å². The van der Waals surface area contributed by atoms with Crippen LogP contribution in [-0.4, -0.2) is 45.4 Å². The van der Waals surface area contributed by atoms with Crippen LogP contribution in [0.15, 0.2) is 18.5 Å². The summed E-state index contributed by atoms with van der Waals surface area (Å²) < 4.78 is 7.66. The largest absolute Gasteiger partial charge is 2.00 e. The molecule has 1 heterocycles. The smallest absolute Gasteiger partial charge is 1.00 e. The summed E-state index contributed by atoms with van der Waals surface area (Å²) in [5, 5.41) is 3.07. The second kappa shape index (κ2) is 11.3. The van der Waals surface area contributed by atoms with Crippen molar-refractivity contribution >= 4 is 29.1 Å². The standard InChI is InChI=1S/C17H28N2O2.CH3.ClH.Mg/c1-5-13-10-11-19(12-13)15-9-7-6-8-14(15)18-16(20)21-17(2,3)4;;;/h10-12,14-15H,5-9H2,1-4H3,(H,18,20);1H3;1H;/q;-1;;+2/p-1/t14-,15-;;;/m1.../s1. The zero-order valence-corrected chi connectivity index (χ0v) is 17.9. The molecule has 1 amide bonds. The van der Waals surface area contributed by atoms with E-state index in [1.807, 2.05) is 20.8 Å². The summed E-state index contributed by atoms with van der Waals surface area (Å²) in [6.45, 7) is 7.84. The van der Waals surface area contributed by atoms with Gasteiger partial charge in [-0.25, -0.2) is 4.79 Å². The Morgan fingerprint density at radius 3 is 2.50 bits per heavy atom. The van der Waals surface area contributed by atoms with Crippen LogP contribution in [0.3, 0.4) is 0 Å². The van der Waals surface area contributed by atoms with Gasteiger partial charge in [0.1, 0.15) is 5.60 Å². The van der Waals surface area contributed by atoms with E-state index in [1.165, 1.54) is 18.4 Å². The number of rotatable bonds is 3. The SMILES string of the molecule is CCc1ccn([C@@H]2CCCC[C@H]2NC(=O)OC(C)(C)C)c1.[CH3-].[Cl-].[Mg+2]. The number of nitrogens with zero attached hydrogens (tertiary/aromatic N) is 1. The molecule has 24 heavy (non-hydrogen) atoms. The molecule has 1 fully saturated rings. The molecule has 0 aliphatic heterocycles. The van der Waals surface area contributed by atoms with Gasteiger partial charge < -0.3 is 34.5 Å². The van der Waals surface area contributed by atoms with E-state index in [0.29, 0.717) is 6.04 Å². The van der Waals surface area contributed by atoms with Crippen LogP contribution >= 0.6 is 0 Å². The number of hydrogen-bond donors (Lipinski definition) is 1. The minimum Gasteiger partial charge on any atom is -1.00 e. The van der Waals surface area contributed by atoms with Gasteiger partial charge in [0.15, 0.2) is 0 Å². The van der Waals surface area contributed by atoms with E-state index in [4.69, 9.17) is 4.74 Å². The van der Waals surface area contributed by atoms with E-state index in [0.717, 1.165) is 19.3 Å². The third-order valence-electron chi connectivity index (χ3n) is 4.00. The fourth-order valence-corrected chi connectivity index (χ4v) is 2.97. The topological polar surface area (TPSA) is 43.3 Å². The van der Waals surface area contributed by atoms with E-state index < -0.39 is 5.60 Å². The number of ether oxygens (including phenoxy) is 1. The van der Waals surface area contributed by atoms with Gasteiger partial charge in [-0.2, -0.15) is 0 Å². The normalized spacial score (nSPS) is 20.0. The first-order valence-corrected chi connectivity index (χ1v) is 8.05. The molecule has 4 nitrogen and oxygen atoms in total. The fraction of sp³-hybridized carbons (Fsp3) is 0.667. The number of hydrogen-bond acceptors (Lipinski definition) is 2. The molecule has 1 aromatic heterocycles. The number of amides is 1. The molecular formula is C18H31ClMgN2O2. The molecule has 1 aromatic rings. The fourth-order valence-electron chi connectivity index (χ4n) is 2.97. The van der Waals surface area contributed by atoms with Crippen molar-refractivity contribution in [2.45, 2.75) is 77.5 Å². The average Bonchev–Trinajstić information content (AvgIpc) is 2.85. The van der Waals surface area contributed by atoms with Gasteiger partial charge in [0.2, 0.25) is 0 Å². The van der Waals surface area contributed by atoms with Crippen molar-refractivity contribution in [2.24, 2.45) is 0 Å². The van der Waals surface area contributed by atoms with Gasteiger partial charge in [0.25, 0.3) is 0 Å². The molecule has 1 aliphatic carbocycles. The number of halogens is 1. The maximum Gasteiger partial charge on any atom is 2.00 e. The average molecular weight is 367 g/mol. The molecule has 6 heteroatoms. The van der Waals surface area contributed by atoms with Gasteiger partial charge in [-0.3, -0.25) is 0 Å². The summed E-state index contributed by atoms with van der Waals surface area (Å²) in [5.41, 5.74) is 0.897. The quantitative estimate of drug-likeness (QED) is 0.643. The molecule has 1 saturated carbocycles. The van der Waals surface area contributed by atoms with Crippen molar-refractivity contribution in [1.29, 1.82) is 0 Å². The number of nitrogens with one attached hydrogen (secondary N) is 1. The molecule has 0 bridgehead atoms. The van der Waals surface area contributed by atoms with Crippen LogP contribution in [0, 0.1) is 7.43 Å². The Morgan fingerprint density at radius 2 is 1.96 bits per heavy atom. The Morgan fingerprint density at radius 1 is 1.33 bits per heavy atom. The molecule has 0 saturated heterocycles. The third kappa shape index (κ3) is 7.66. The number of carbonyl (C=O) groups is 1. The van der Waals surface area contributed by atoms with Crippen LogP contribution in [0.1, 0.15) is 65.0 Å². The molecule has 1 aliphatic rings. The van der Waals surface area contributed by atoms with Crippen molar-refractivity contribution in [3.05, 3.63) is 31.5 Å². The summed E-state index contributed by atoms with van der Waals surface area (Å²) in [6.07, 6.45) is 9.60.